The van der Waals surface area contributed by atoms with Gasteiger partial charge < -0.3 is 9.47 Å². The fraction of sp³-hybridized carbons (Fsp3) is 0.714. The number of ether oxygens (including phenoxy) is 2. The molecule has 0 aromatic carbocycles. The van der Waals surface area contributed by atoms with Gasteiger partial charge >= 0.3 is 0 Å². The van der Waals surface area contributed by atoms with Crippen molar-refractivity contribution in [3.05, 3.63) is 12.2 Å². The van der Waals surface area contributed by atoms with E-state index in [0.29, 0.717) is 0 Å². The molecule has 3 heteroatoms. The van der Waals surface area contributed by atoms with Crippen LogP contribution in [0.25, 0.3) is 0 Å². The molecule has 2 atom stereocenters. The van der Waals surface area contributed by atoms with Crippen LogP contribution in [0.4, 0.5) is 0 Å². The maximum atomic E-state index is 5.43. The monoisotopic (exact) mass is 206 g/mol. The van der Waals surface area contributed by atoms with Gasteiger partial charge in [0, 0.05) is 12.4 Å². The molecule has 0 spiro atoms. The first-order chi connectivity index (χ1) is 4.86. The van der Waals surface area contributed by atoms with Crippen LogP contribution in [-0.4, -0.2) is 24.8 Å². The van der Waals surface area contributed by atoms with Crippen molar-refractivity contribution in [2.24, 2.45) is 0 Å². The molecule has 2 nitrogen and oxygen atoms in total. The molecule has 1 aliphatic heterocycles. The van der Waals surface area contributed by atoms with Crippen molar-refractivity contribution >= 4 is 15.9 Å². The van der Waals surface area contributed by atoms with E-state index >= 15 is 0 Å². The predicted octanol–water partition coefficient (Wildman–Crippen LogP) is 1.70. The quantitative estimate of drug-likeness (QED) is 0.506. The molecule has 58 valence electrons. The van der Waals surface area contributed by atoms with E-state index < -0.39 is 0 Å². The zero-order valence-electron chi connectivity index (χ0n) is 5.92. The number of rotatable bonds is 2. The summed E-state index contributed by atoms with van der Waals surface area (Å²) >= 11 is 3.35. The van der Waals surface area contributed by atoms with Gasteiger partial charge in [-0.1, -0.05) is 22.0 Å². The molecule has 10 heavy (non-hydrogen) atoms. The van der Waals surface area contributed by atoms with E-state index in [9.17, 15) is 0 Å². The Balaban J connectivity index is 2.38. The summed E-state index contributed by atoms with van der Waals surface area (Å²) in [4.78, 5) is 0. The van der Waals surface area contributed by atoms with E-state index in [2.05, 4.69) is 22.0 Å². The van der Waals surface area contributed by atoms with Gasteiger partial charge in [-0.3, -0.25) is 0 Å². The average Bonchev–Trinajstić information content (AvgIpc) is 2.05. The molecule has 0 bridgehead atoms. The summed E-state index contributed by atoms with van der Waals surface area (Å²) in [6.07, 6.45) is 5.12. The molecule has 0 N–H and O–H groups in total. The van der Waals surface area contributed by atoms with Gasteiger partial charge in [0.15, 0.2) is 6.29 Å². The standard InChI is InChI=1S/C7H11BrO2/c1-9-7-4-2-3-6(5-8)10-7/h2,4,6-7H,3,5H2,1H3. The molecular formula is C7H11BrO2. The summed E-state index contributed by atoms with van der Waals surface area (Å²) in [5, 5.41) is 0.872. The summed E-state index contributed by atoms with van der Waals surface area (Å²) in [5.74, 6) is 0. The van der Waals surface area contributed by atoms with Crippen LogP contribution >= 0.6 is 15.9 Å². The summed E-state index contributed by atoms with van der Waals surface area (Å²) in [7, 11) is 1.64. The Kier molecular flexibility index (Phi) is 3.39. The van der Waals surface area contributed by atoms with Gasteiger partial charge in [-0.05, 0) is 12.5 Å². The molecule has 0 aromatic heterocycles. The highest BCUT2D eigenvalue weighted by molar-refractivity contribution is 9.09. The van der Waals surface area contributed by atoms with Crippen molar-refractivity contribution in [1.82, 2.24) is 0 Å². The first-order valence-corrected chi connectivity index (χ1v) is 4.40. The molecule has 1 rings (SSSR count). The van der Waals surface area contributed by atoms with Crippen LogP contribution in [-0.2, 0) is 9.47 Å². The van der Waals surface area contributed by atoms with Crippen LogP contribution in [0.2, 0.25) is 0 Å². The fourth-order valence-corrected chi connectivity index (χ4v) is 1.28. The van der Waals surface area contributed by atoms with Gasteiger partial charge in [0.2, 0.25) is 0 Å². The zero-order valence-corrected chi connectivity index (χ0v) is 7.50. The normalized spacial score (nSPS) is 32.6. The third-order valence-corrected chi connectivity index (χ3v) is 2.15. The van der Waals surface area contributed by atoms with Crippen LogP contribution in [0.1, 0.15) is 6.42 Å². The lowest BCUT2D eigenvalue weighted by Gasteiger charge is -2.22. The van der Waals surface area contributed by atoms with Gasteiger partial charge in [0.25, 0.3) is 0 Å². The molecule has 0 saturated heterocycles. The fourth-order valence-electron chi connectivity index (χ4n) is 0.866. The molecule has 2 unspecified atom stereocenters. The molecule has 0 saturated carbocycles. The predicted molar refractivity (Wildman–Crippen MR) is 43.2 cm³/mol. The summed E-state index contributed by atoms with van der Waals surface area (Å²) < 4.78 is 10.4. The molecular weight excluding hydrogens is 196 g/mol. The third-order valence-electron chi connectivity index (χ3n) is 1.42. The van der Waals surface area contributed by atoms with Crippen LogP contribution in [0, 0.1) is 0 Å². The minimum absolute atomic E-state index is 0.142. The minimum Gasteiger partial charge on any atom is -0.352 e. The van der Waals surface area contributed by atoms with E-state index in [0.717, 1.165) is 11.8 Å². The van der Waals surface area contributed by atoms with E-state index in [-0.39, 0.29) is 12.4 Å². The molecule has 1 aliphatic rings. The first kappa shape index (κ1) is 8.24. The topological polar surface area (TPSA) is 18.5 Å². The number of methoxy groups -OCH3 is 1. The number of hydrogen-bond donors (Lipinski definition) is 0. The third kappa shape index (κ3) is 2.08. The lowest BCUT2D eigenvalue weighted by atomic mass is 10.2. The van der Waals surface area contributed by atoms with Crippen molar-refractivity contribution in [1.29, 1.82) is 0 Å². The highest BCUT2D eigenvalue weighted by Crippen LogP contribution is 2.13. The summed E-state index contributed by atoms with van der Waals surface area (Å²) in [5.41, 5.74) is 0. The van der Waals surface area contributed by atoms with Crippen LogP contribution in [0.15, 0.2) is 12.2 Å². The Morgan fingerprint density at radius 1 is 1.80 bits per heavy atom. The Labute approximate surface area is 69.3 Å². The van der Waals surface area contributed by atoms with Gasteiger partial charge in [0.1, 0.15) is 0 Å². The lowest BCUT2D eigenvalue weighted by molar-refractivity contribution is -0.124. The van der Waals surface area contributed by atoms with Gasteiger partial charge in [-0.2, -0.15) is 0 Å². The van der Waals surface area contributed by atoms with Gasteiger partial charge in [-0.15, -0.1) is 0 Å². The molecule has 0 aromatic rings. The molecule has 0 radical (unpaired) electrons. The Hall–Kier alpha value is 0.140. The Morgan fingerprint density at radius 2 is 2.60 bits per heavy atom. The highest BCUT2D eigenvalue weighted by atomic mass is 79.9. The number of hydrogen-bond acceptors (Lipinski definition) is 2. The van der Waals surface area contributed by atoms with Crippen molar-refractivity contribution in [3.63, 3.8) is 0 Å². The van der Waals surface area contributed by atoms with Crippen molar-refractivity contribution in [2.45, 2.75) is 18.8 Å². The van der Waals surface area contributed by atoms with E-state index in [4.69, 9.17) is 9.47 Å². The second-order valence-corrected chi connectivity index (χ2v) is 2.83. The largest absolute Gasteiger partial charge is 0.352 e. The molecule has 0 aliphatic carbocycles. The molecule has 0 fully saturated rings. The lowest BCUT2D eigenvalue weighted by Crippen LogP contribution is -2.26. The van der Waals surface area contributed by atoms with E-state index in [1.165, 1.54) is 0 Å². The highest BCUT2D eigenvalue weighted by Gasteiger charge is 2.15. The van der Waals surface area contributed by atoms with E-state index in [1.54, 1.807) is 7.11 Å². The van der Waals surface area contributed by atoms with Gasteiger partial charge in [0.05, 0.1) is 6.10 Å². The molecule has 1 heterocycles. The number of halogens is 1. The van der Waals surface area contributed by atoms with Crippen molar-refractivity contribution in [2.75, 3.05) is 12.4 Å². The second kappa shape index (κ2) is 4.11. The van der Waals surface area contributed by atoms with Crippen LogP contribution < -0.4 is 0 Å². The first-order valence-electron chi connectivity index (χ1n) is 3.27. The minimum atomic E-state index is -0.142. The summed E-state index contributed by atoms with van der Waals surface area (Å²) in [6, 6.07) is 0. The van der Waals surface area contributed by atoms with Crippen molar-refractivity contribution < 1.29 is 9.47 Å². The maximum Gasteiger partial charge on any atom is 0.176 e. The maximum absolute atomic E-state index is 5.43. The van der Waals surface area contributed by atoms with Crippen LogP contribution in [0.3, 0.4) is 0 Å². The zero-order chi connectivity index (χ0) is 7.40. The average molecular weight is 207 g/mol. The SMILES string of the molecule is COC1C=CCC(CBr)O1. The second-order valence-electron chi connectivity index (χ2n) is 2.18. The Morgan fingerprint density at radius 3 is 3.20 bits per heavy atom. The van der Waals surface area contributed by atoms with Gasteiger partial charge in [-0.25, -0.2) is 0 Å². The smallest absolute Gasteiger partial charge is 0.176 e. The van der Waals surface area contributed by atoms with Crippen molar-refractivity contribution in [3.8, 4) is 0 Å². The summed E-state index contributed by atoms with van der Waals surface area (Å²) in [6.45, 7) is 0. The Bertz CT molecular complexity index is 125. The van der Waals surface area contributed by atoms with Crippen LogP contribution in [0.5, 0.6) is 0 Å². The van der Waals surface area contributed by atoms with E-state index in [1.807, 2.05) is 6.08 Å². The molecule has 0 amide bonds. The number of alkyl halides is 1.